The SMILES string of the molecule is C=C(C)C(CO)C/C=C(/C)CCC=C(C)C. The zero-order valence-corrected chi connectivity index (χ0v) is 11.2. The molecule has 16 heavy (non-hydrogen) atoms. The summed E-state index contributed by atoms with van der Waals surface area (Å²) in [5, 5.41) is 9.16. The van der Waals surface area contributed by atoms with Crippen molar-refractivity contribution in [2.75, 3.05) is 6.61 Å². The molecule has 1 heteroatoms. The molecule has 0 aromatic carbocycles. The molecule has 1 atom stereocenters. The van der Waals surface area contributed by atoms with E-state index in [1.165, 1.54) is 11.1 Å². The van der Waals surface area contributed by atoms with E-state index in [0.717, 1.165) is 24.8 Å². The van der Waals surface area contributed by atoms with Crippen molar-refractivity contribution in [1.82, 2.24) is 0 Å². The molecule has 0 heterocycles. The quantitative estimate of drug-likeness (QED) is 0.638. The Bertz CT molecular complexity index is 267. The van der Waals surface area contributed by atoms with Crippen LogP contribution in [0.1, 0.15) is 47.0 Å². The van der Waals surface area contributed by atoms with E-state index in [4.69, 9.17) is 5.11 Å². The van der Waals surface area contributed by atoms with Gasteiger partial charge in [-0.15, -0.1) is 0 Å². The standard InChI is InChI=1S/C15H26O/c1-12(2)7-6-8-14(5)9-10-15(11-16)13(3)4/h7,9,15-16H,3,6,8,10-11H2,1-2,4-5H3/b14-9-. The van der Waals surface area contributed by atoms with Crippen molar-refractivity contribution in [1.29, 1.82) is 0 Å². The third-order valence-electron chi connectivity index (χ3n) is 2.76. The Kier molecular flexibility index (Phi) is 7.92. The van der Waals surface area contributed by atoms with Crippen LogP contribution in [-0.4, -0.2) is 11.7 Å². The summed E-state index contributed by atoms with van der Waals surface area (Å²) in [6, 6.07) is 0. The molecule has 1 nitrogen and oxygen atoms in total. The molecule has 1 N–H and O–H groups in total. The Morgan fingerprint density at radius 1 is 1.19 bits per heavy atom. The maximum Gasteiger partial charge on any atom is 0.0499 e. The molecule has 0 radical (unpaired) electrons. The average Bonchev–Trinajstić information content (AvgIpc) is 2.17. The van der Waals surface area contributed by atoms with E-state index in [0.29, 0.717) is 0 Å². The van der Waals surface area contributed by atoms with Gasteiger partial charge in [-0.25, -0.2) is 0 Å². The van der Waals surface area contributed by atoms with Gasteiger partial charge in [0.15, 0.2) is 0 Å². The van der Waals surface area contributed by atoms with Crippen molar-refractivity contribution >= 4 is 0 Å². The highest BCUT2D eigenvalue weighted by atomic mass is 16.3. The fourth-order valence-corrected chi connectivity index (χ4v) is 1.47. The smallest absolute Gasteiger partial charge is 0.0499 e. The number of aliphatic hydroxyl groups is 1. The highest BCUT2D eigenvalue weighted by molar-refractivity contribution is 5.06. The Morgan fingerprint density at radius 3 is 2.25 bits per heavy atom. The van der Waals surface area contributed by atoms with Gasteiger partial charge in [-0.2, -0.15) is 0 Å². The summed E-state index contributed by atoms with van der Waals surface area (Å²) in [4.78, 5) is 0. The summed E-state index contributed by atoms with van der Waals surface area (Å²) >= 11 is 0. The van der Waals surface area contributed by atoms with E-state index in [2.05, 4.69) is 39.5 Å². The summed E-state index contributed by atoms with van der Waals surface area (Å²) in [6.07, 6.45) is 7.63. The van der Waals surface area contributed by atoms with Crippen molar-refractivity contribution in [2.45, 2.75) is 47.0 Å². The molecule has 0 saturated heterocycles. The number of allylic oxidation sites excluding steroid dienone is 4. The Balaban J connectivity index is 4.03. The first-order valence-corrected chi connectivity index (χ1v) is 6.02. The highest BCUT2D eigenvalue weighted by Gasteiger charge is 2.05. The minimum absolute atomic E-state index is 0.201. The molecule has 0 aromatic heterocycles. The maximum atomic E-state index is 9.16. The van der Waals surface area contributed by atoms with Gasteiger partial charge in [-0.3, -0.25) is 0 Å². The molecule has 92 valence electrons. The van der Waals surface area contributed by atoms with Crippen LogP contribution < -0.4 is 0 Å². The Hall–Kier alpha value is -0.820. The fraction of sp³-hybridized carbons (Fsp3) is 0.600. The zero-order chi connectivity index (χ0) is 12.6. The third kappa shape index (κ3) is 7.47. The molecule has 1 unspecified atom stereocenters. The maximum absolute atomic E-state index is 9.16. The summed E-state index contributed by atoms with van der Waals surface area (Å²) < 4.78 is 0. The molecular formula is C15H26O. The third-order valence-corrected chi connectivity index (χ3v) is 2.76. The molecule has 0 bridgehead atoms. The average molecular weight is 222 g/mol. The summed E-state index contributed by atoms with van der Waals surface area (Å²) in [6.45, 7) is 12.5. The van der Waals surface area contributed by atoms with Gasteiger partial charge < -0.3 is 5.11 Å². The van der Waals surface area contributed by atoms with Crippen molar-refractivity contribution in [3.8, 4) is 0 Å². The van der Waals surface area contributed by atoms with Gasteiger partial charge in [0.05, 0.1) is 0 Å². The second-order valence-corrected chi connectivity index (χ2v) is 4.83. The Labute approximate surface area is 101 Å². The van der Waals surface area contributed by atoms with Crippen LogP contribution in [0, 0.1) is 5.92 Å². The van der Waals surface area contributed by atoms with Crippen LogP contribution in [0.15, 0.2) is 35.5 Å². The minimum atomic E-state index is 0.201. The molecule has 0 aliphatic carbocycles. The van der Waals surface area contributed by atoms with E-state index in [1.54, 1.807) is 0 Å². The lowest BCUT2D eigenvalue weighted by Gasteiger charge is -2.11. The first-order valence-electron chi connectivity index (χ1n) is 6.02. The van der Waals surface area contributed by atoms with E-state index in [9.17, 15) is 0 Å². The lowest BCUT2D eigenvalue weighted by atomic mass is 9.97. The van der Waals surface area contributed by atoms with E-state index in [-0.39, 0.29) is 12.5 Å². The minimum Gasteiger partial charge on any atom is -0.396 e. The summed E-state index contributed by atoms with van der Waals surface area (Å²) in [7, 11) is 0. The Morgan fingerprint density at radius 2 is 1.81 bits per heavy atom. The van der Waals surface area contributed by atoms with E-state index >= 15 is 0 Å². The van der Waals surface area contributed by atoms with Gasteiger partial charge in [0, 0.05) is 12.5 Å². The summed E-state index contributed by atoms with van der Waals surface area (Å²) in [5.74, 6) is 0.221. The van der Waals surface area contributed by atoms with Crippen LogP contribution in [0.2, 0.25) is 0 Å². The van der Waals surface area contributed by atoms with Crippen molar-refractivity contribution in [3.05, 3.63) is 35.5 Å². The number of hydrogen-bond acceptors (Lipinski definition) is 1. The molecule has 0 saturated carbocycles. The lowest BCUT2D eigenvalue weighted by Crippen LogP contribution is -2.05. The predicted octanol–water partition coefficient (Wildman–Crippen LogP) is 4.25. The van der Waals surface area contributed by atoms with Crippen LogP contribution in [0.4, 0.5) is 0 Å². The fourth-order valence-electron chi connectivity index (χ4n) is 1.47. The van der Waals surface area contributed by atoms with Crippen LogP contribution in [-0.2, 0) is 0 Å². The van der Waals surface area contributed by atoms with Gasteiger partial charge in [0.1, 0.15) is 0 Å². The van der Waals surface area contributed by atoms with Gasteiger partial charge in [-0.05, 0) is 47.0 Å². The molecule has 0 aliphatic heterocycles. The second kappa shape index (κ2) is 8.35. The molecule has 0 fully saturated rings. The zero-order valence-electron chi connectivity index (χ0n) is 11.2. The predicted molar refractivity (Wildman–Crippen MR) is 72.4 cm³/mol. The van der Waals surface area contributed by atoms with E-state index < -0.39 is 0 Å². The first kappa shape index (κ1) is 15.2. The monoisotopic (exact) mass is 222 g/mol. The molecule has 0 spiro atoms. The first-order chi connectivity index (χ1) is 7.47. The highest BCUT2D eigenvalue weighted by Crippen LogP contribution is 2.16. The van der Waals surface area contributed by atoms with Gasteiger partial charge in [0.25, 0.3) is 0 Å². The van der Waals surface area contributed by atoms with Crippen molar-refractivity contribution < 1.29 is 5.11 Å². The van der Waals surface area contributed by atoms with Crippen molar-refractivity contribution in [2.24, 2.45) is 5.92 Å². The lowest BCUT2D eigenvalue weighted by molar-refractivity contribution is 0.247. The van der Waals surface area contributed by atoms with Gasteiger partial charge in [0.2, 0.25) is 0 Å². The van der Waals surface area contributed by atoms with Crippen LogP contribution in [0.3, 0.4) is 0 Å². The van der Waals surface area contributed by atoms with Crippen LogP contribution in [0.25, 0.3) is 0 Å². The number of aliphatic hydroxyl groups excluding tert-OH is 1. The largest absolute Gasteiger partial charge is 0.396 e. The second-order valence-electron chi connectivity index (χ2n) is 4.83. The van der Waals surface area contributed by atoms with Crippen LogP contribution >= 0.6 is 0 Å². The number of rotatable bonds is 7. The molecule has 0 aromatic rings. The van der Waals surface area contributed by atoms with Crippen LogP contribution in [0.5, 0.6) is 0 Å². The van der Waals surface area contributed by atoms with Gasteiger partial charge in [-0.1, -0.05) is 35.5 Å². The topological polar surface area (TPSA) is 20.2 Å². The summed E-state index contributed by atoms with van der Waals surface area (Å²) in [5.41, 5.74) is 3.84. The molecule has 0 rings (SSSR count). The molecule has 0 amide bonds. The molecular weight excluding hydrogens is 196 g/mol. The van der Waals surface area contributed by atoms with Gasteiger partial charge >= 0.3 is 0 Å². The van der Waals surface area contributed by atoms with E-state index in [1.807, 2.05) is 6.92 Å². The number of hydrogen-bond donors (Lipinski definition) is 1. The normalized spacial score (nSPS) is 13.4. The molecule has 0 aliphatic rings. The van der Waals surface area contributed by atoms with Crippen molar-refractivity contribution in [3.63, 3.8) is 0 Å².